The summed E-state index contributed by atoms with van der Waals surface area (Å²) in [5.74, 6) is -0.134. The average Bonchev–Trinajstić information content (AvgIpc) is 3.13. The third kappa shape index (κ3) is 3.63. The van der Waals surface area contributed by atoms with Crippen LogP contribution in [0.3, 0.4) is 0 Å². The van der Waals surface area contributed by atoms with Gasteiger partial charge < -0.3 is 5.32 Å². The van der Waals surface area contributed by atoms with E-state index in [1.54, 1.807) is 12.1 Å². The zero-order chi connectivity index (χ0) is 14.9. The van der Waals surface area contributed by atoms with E-state index in [4.69, 9.17) is 0 Å². The van der Waals surface area contributed by atoms with Crippen molar-refractivity contribution in [3.8, 4) is 0 Å². The van der Waals surface area contributed by atoms with Crippen molar-refractivity contribution in [2.24, 2.45) is 0 Å². The first-order chi connectivity index (χ1) is 10.0. The Labute approximate surface area is 125 Å². The molecule has 3 rings (SSSR count). The lowest BCUT2D eigenvalue weighted by atomic mass is 10.2. The van der Waals surface area contributed by atoms with Crippen LogP contribution in [-0.2, 0) is 10.0 Å². The zero-order valence-electron chi connectivity index (χ0n) is 11.8. The summed E-state index contributed by atoms with van der Waals surface area (Å²) in [6.07, 6.45) is 6.02. The summed E-state index contributed by atoms with van der Waals surface area (Å²) in [6, 6.07) is 6.48. The molecule has 2 saturated carbocycles. The van der Waals surface area contributed by atoms with E-state index in [1.165, 1.54) is 12.1 Å². The van der Waals surface area contributed by atoms with Crippen molar-refractivity contribution in [2.45, 2.75) is 55.5 Å². The molecule has 0 spiro atoms. The fraction of sp³-hybridized carbons (Fsp3) is 0.533. The van der Waals surface area contributed by atoms with E-state index in [9.17, 15) is 13.2 Å². The lowest BCUT2D eigenvalue weighted by Crippen LogP contribution is -2.32. The maximum atomic E-state index is 12.2. The summed E-state index contributed by atoms with van der Waals surface area (Å²) in [7, 11) is -3.48. The van der Waals surface area contributed by atoms with Gasteiger partial charge in [-0.3, -0.25) is 4.79 Å². The molecule has 0 saturated heterocycles. The second-order valence-electron chi connectivity index (χ2n) is 5.87. The predicted octanol–water partition coefficient (Wildman–Crippen LogP) is 1.80. The molecule has 0 atom stereocenters. The van der Waals surface area contributed by atoms with Crippen molar-refractivity contribution in [3.05, 3.63) is 29.8 Å². The van der Waals surface area contributed by atoms with E-state index in [2.05, 4.69) is 10.0 Å². The quantitative estimate of drug-likeness (QED) is 0.871. The van der Waals surface area contributed by atoms with Crippen LogP contribution in [0.15, 0.2) is 29.2 Å². The normalized spacial score (nSPS) is 19.6. The standard InChI is InChI=1S/C15H20N2O3S/c18-15(16-12-7-8-12)11-5-9-14(10-6-11)21(19,20)17-13-3-1-2-4-13/h5-6,9-10,12-13,17H,1-4,7-8H2,(H,16,18). The maximum absolute atomic E-state index is 12.2. The molecule has 114 valence electrons. The van der Waals surface area contributed by atoms with Crippen LogP contribution in [-0.4, -0.2) is 26.4 Å². The summed E-state index contributed by atoms with van der Waals surface area (Å²) in [6.45, 7) is 0. The number of carbonyl (C=O) groups excluding carboxylic acids is 1. The Kier molecular flexibility index (Phi) is 3.99. The number of hydrogen-bond acceptors (Lipinski definition) is 3. The molecule has 0 aliphatic heterocycles. The fourth-order valence-corrected chi connectivity index (χ4v) is 3.92. The minimum atomic E-state index is -3.48. The second-order valence-corrected chi connectivity index (χ2v) is 7.59. The van der Waals surface area contributed by atoms with Crippen LogP contribution < -0.4 is 10.0 Å². The third-order valence-electron chi connectivity index (χ3n) is 4.02. The van der Waals surface area contributed by atoms with Crippen LogP contribution >= 0.6 is 0 Å². The van der Waals surface area contributed by atoms with E-state index in [0.29, 0.717) is 11.6 Å². The van der Waals surface area contributed by atoms with Crippen LogP contribution in [0.4, 0.5) is 0 Å². The van der Waals surface area contributed by atoms with Gasteiger partial charge in [0.1, 0.15) is 0 Å². The van der Waals surface area contributed by atoms with Gasteiger partial charge in [0, 0.05) is 17.6 Å². The summed E-state index contributed by atoms with van der Waals surface area (Å²) >= 11 is 0. The van der Waals surface area contributed by atoms with Crippen molar-refractivity contribution in [3.63, 3.8) is 0 Å². The Bertz CT molecular complexity index is 615. The summed E-state index contributed by atoms with van der Waals surface area (Å²) in [4.78, 5) is 12.1. The SMILES string of the molecule is O=C(NC1CC1)c1ccc(S(=O)(=O)NC2CCCC2)cc1. The van der Waals surface area contributed by atoms with E-state index in [1.807, 2.05) is 0 Å². The molecular weight excluding hydrogens is 288 g/mol. The van der Waals surface area contributed by atoms with Gasteiger partial charge in [-0.05, 0) is 49.9 Å². The average molecular weight is 308 g/mol. The lowest BCUT2D eigenvalue weighted by Gasteiger charge is -2.12. The fourth-order valence-electron chi connectivity index (χ4n) is 2.61. The van der Waals surface area contributed by atoms with Gasteiger partial charge in [0.2, 0.25) is 10.0 Å². The van der Waals surface area contributed by atoms with Crippen LogP contribution in [0.25, 0.3) is 0 Å². The molecule has 0 heterocycles. The zero-order valence-corrected chi connectivity index (χ0v) is 12.7. The Balaban J connectivity index is 1.68. The first-order valence-corrected chi connectivity index (χ1v) is 8.96. The van der Waals surface area contributed by atoms with Crippen LogP contribution in [0.2, 0.25) is 0 Å². The molecule has 21 heavy (non-hydrogen) atoms. The van der Waals surface area contributed by atoms with Gasteiger partial charge in [0.25, 0.3) is 5.91 Å². The van der Waals surface area contributed by atoms with Gasteiger partial charge in [-0.2, -0.15) is 0 Å². The number of amides is 1. The molecule has 2 fully saturated rings. The Hall–Kier alpha value is -1.40. The first kappa shape index (κ1) is 14.5. The Morgan fingerprint density at radius 3 is 2.14 bits per heavy atom. The van der Waals surface area contributed by atoms with Crippen LogP contribution in [0, 0.1) is 0 Å². The number of benzene rings is 1. The van der Waals surface area contributed by atoms with E-state index >= 15 is 0 Å². The van der Waals surface area contributed by atoms with Gasteiger partial charge >= 0.3 is 0 Å². The van der Waals surface area contributed by atoms with E-state index in [-0.39, 0.29) is 16.8 Å². The molecule has 1 aromatic carbocycles. The van der Waals surface area contributed by atoms with Gasteiger partial charge in [-0.15, -0.1) is 0 Å². The molecule has 1 aromatic rings. The van der Waals surface area contributed by atoms with Crippen molar-refractivity contribution >= 4 is 15.9 Å². The highest BCUT2D eigenvalue weighted by molar-refractivity contribution is 7.89. The monoisotopic (exact) mass is 308 g/mol. The minimum Gasteiger partial charge on any atom is -0.349 e. The van der Waals surface area contributed by atoms with Crippen molar-refractivity contribution in [2.75, 3.05) is 0 Å². The number of carbonyl (C=O) groups is 1. The highest BCUT2D eigenvalue weighted by Crippen LogP contribution is 2.21. The van der Waals surface area contributed by atoms with E-state index in [0.717, 1.165) is 38.5 Å². The lowest BCUT2D eigenvalue weighted by molar-refractivity contribution is 0.0951. The summed E-state index contributed by atoms with van der Waals surface area (Å²) in [5, 5.41) is 2.88. The largest absolute Gasteiger partial charge is 0.349 e. The summed E-state index contributed by atoms with van der Waals surface area (Å²) in [5.41, 5.74) is 0.502. The molecule has 2 aliphatic carbocycles. The highest BCUT2D eigenvalue weighted by atomic mass is 32.2. The van der Waals surface area contributed by atoms with Crippen molar-refractivity contribution in [1.82, 2.24) is 10.0 Å². The topological polar surface area (TPSA) is 75.3 Å². The molecule has 0 unspecified atom stereocenters. The molecule has 0 aromatic heterocycles. The minimum absolute atomic E-state index is 0.0489. The number of sulfonamides is 1. The van der Waals surface area contributed by atoms with Gasteiger partial charge in [-0.1, -0.05) is 12.8 Å². The van der Waals surface area contributed by atoms with Crippen LogP contribution in [0.5, 0.6) is 0 Å². The molecule has 6 heteroatoms. The second kappa shape index (κ2) is 5.77. The first-order valence-electron chi connectivity index (χ1n) is 7.48. The third-order valence-corrected chi connectivity index (χ3v) is 5.55. The smallest absolute Gasteiger partial charge is 0.251 e. The Morgan fingerprint density at radius 2 is 1.57 bits per heavy atom. The molecule has 0 radical (unpaired) electrons. The Morgan fingerprint density at radius 1 is 0.952 bits per heavy atom. The van der Waals surface area contributed by atoms with E-state index < -0.39 is 10.0 Å². The molecular formula is C15H20N2O3S. The van der Waals surface area contributed by atoms with Gasteiger partial charge in [0.15, 0.2) is 0 Å². The number of rotatable bonds is 5. The molecule has 2 aliphatic rings. The van der Waals surface area contributed by atoms with Crippen molar-refractivity contribution in [1.29, 1.82) is 0 Å². The number of hydrogen-bond donors (Lipinski definition) is 2. The molecule has 5 nitrogen and oxygen atoms in total. The molecule has 1 amide bonds. The van der Waals surface area contributed by atoms with Gasteiger partial charge in [0.05, 0.1) is 4.90 Å². The maximum Gasteiger partial charge on any atom is 0.251 e. The van der Waals surface area contributed by atoms with Crippen molar-refractivity contribution < 1.29 is 13.2 Å². The summed E-state index contributed by atoms with van der Waals surface area (Å²) < 4.78 is 27.2. The number of nitrogens with one attached hydrogen (secondary N) is 2. The highest BCUT2D eigenvalue weighted by Gasteiger charge is 2.25. The molecule has 2 N–H and O–H groups in total. The van der Waals surface area contributed by atoms with Gasteiger partial charge in [-0.25, -0.2) is 13.1 Å². The van der Waals surface area contributed by atoms with Crippen LogP contribution in [0.1, 0.15) is 48.9 Å². The molecule has 0 bridgehead atoms. The predicted molar refractivity (Wildman–Crippen MR) is 79.5 cm³/mol.